The molecule has 0 saturated heterocycles. The van der Waals surface area contributed by atoms with Gasteiger partial charge in [-0.1, -0.05) is 48.0 Å². The van der Waals surface area contributed by atoms with Crippen molar-refractivity contribution in [2.24, 2.45) is 0 Å². The van der Waals surface area contributed by atoms with Crippen LogP contribution in [0.1, 0.15) is 23.9 Å². The molecule has 1 aromatic heterocycles. The fourth-order valence-electron chi connectivity index (χ4n) is 3.05. The summed E-state index contributed by atoms with van der Waals surface area (Å²) in [5.41, 5.74) is 3.43. The summed E-state index contributed by atoms with van der Waals surface area (Å²) in [6.45, 7) is 3.74. The van der Waals surface area contributed by atoms with Gasteiger partial charge in [0, 0.05) is 12.6 Å². The minimum Gasteiger partial charge on any atom is -0.337 e. The van der Waals surface area contributed by atoms with E-state index in [4.69, 9.17) is 4.52 Å². The molecule has 0 spiro atoms. The van der Waals surface area contributed by atoms with Crippen LogP contribution in [0.5, 0.6) is 0 Å². The maximum absolute atomic E-state index is 12.8. The van der Waals surface area contributed by atoms with E-state index in [1.54, 1.807) is 19.2 Å². The predicted octanol–water partition coefficient (Wildman–Crippen LogP) is 3.03. The van der Waals surface area contributed by atoms with E-state index in [0.717, 1.165) is 33.7 Å². The molecule has 164 valence electrons. The molecule has 9 heteroatoms. The topological polar surface area (TPSA) is 96.6 Å². The van der Waals surface area contributed by atoms with Gasteiger partial charge in [0.15, 0.2) is 0 Å². The normalized spacial score (nSPS) is 11.4. The summed E-state index contributed by atoms with van der Waals surface area (Å²) in [6, 6.07) is 14.8. The van der Waals surface area contributed by atoms with Crippen molar-refractivity contribution in [3.8, 4) is 11.4 Å². The third-order valence-corrected chi connectivity index (χ3v) is 5.99. The van der Waals surface area contributed by atoms with Gasteiger partial charge in [-0.2, -0.15) is 4.98 Å². The van der Waals surface area contributed by atoms with Crippen LogP contribution in [0.4, 0.5) is 5.69 Å². The molecular formula is C22H26N4O4S. The number of benzene rings is 2. The Morgan fingerprint density at radius 2 is 1.84 bits per heavy atom. The van der Waals surface area contributed by atoms with Crippen LogP contribution in [-0.4, -0.2) is 49.2 Å². The highest BCUT2D eigenvalue weighted by molar-refractivity contribution is 7.92. The molecule has 0 aliphatic carbocycles. The fourth-order valence-corrected chi connectivity index (χ4v) is 3.90. The van der Waals surface area contributed by atoms with Crippen LogP contribution < -0.4 is 4.31 Å². The van der Waals surface area contributed by atoms with Gasteiger partial charge in [-0.25, -0.2) is 8.42 Å². The maximum atomic E-state index is 12.8. The van der Waals surface area contributed by atoms with Gasteiger partial charge >= 0.3 is 0 Å². The van der Waals surface area contributed by atoms with Gasteiger partial charge in [-0.15, -0.1) is 0 Å². The number of aromatic nitrogens is 2. The summed E-state index contributed by atoms with van der Waals surface area (Å²) in [5, 5.41) is 3.97. The molecule has 1 heterocycles. The number of carbonyl (C=O) groups is 1. The van der Waals surface area contributed by atoms with Crippen molar-refractivity contribution < 1.29 is 17.7 Å². The van der Waals surface area contributed by atoms with Gasteiger partial charge in [0.05, 0.1) is 18.5 Å². The SMILES string of the molecule is CCc1ccc(N(CC(=O)N(C)Cc2nc(-c3cccc(C)c3)no2)S(C)(=O)=O)cc1. The second-order valence-electron chi connectivity index (χ2n) is 7.42. The van der Waals surface area contributed by atoms with Crippen molar-refractivity contribution in [2.45, 2.75) is 26.8 Å². The lowest BCUT2D eigenvalue weighted by Gasteiger charge is -2.24. The minimum absolute atomic E-state index is 0.0734. The zero-order valence-electron chi connectivity index (χ0n) is 18.1. The Hall–Kier alpha value is -3.20. The monoisotopic (exact) mass is 442 g/mol. The lowest BCUT2D eigenvalue weighted by Crippen LogP contribution is -2.41. The van der Waals surface area contributed by atoms with Crippen LogP contribution in [0.25, 0.3) is 11.4 Å². The molecule has 3 rings (SSSR count). The second-order valence-corrected chi connectivity index (χ2v) is 9.33. The van der Waals surface area contributed by atoms with Crippen molar-refractivity contribution >= 4 is 21.6 Å². The number of hydrogen-bond donors (Lipinski definition) is 0. The number of anilines is 1. The molecule has 0 radical (unpaired) electrons. The molecule has 31 heavy (non-hydrogen) atoms. The van der Waals surface area contributed by atoms with Crippen LogP contribution in [0.3, 0.4) is 0 Å². The molecule has 0 fully saturated rings. The van der Waals surface area contributed by atoms with Crippen LogP contribution >= 0.6 is 0 Å². The maximum Gasteiger partial charge on any atom is 0.246 e. The van der Waals surface area contributed by atoms with Gasteiger partial charge < -0.3 is 9.42 Å². The molecule has 0 atom stereocenters. The molecule has 0 N–H and O–H groups in total. The number of hydrogen-bond acceptors (Lipinski definition) is 6. The van der Waals surface area contributed by atoms with Crippen LogP contribution in [0, 0.1) is 6.92 Å². The summed E-state index contributed by atoms with van der Waals surface area (Å²) in [4.78, 5) is 18.5. The van der Waals surface area contributed by atoms with Gasteiger partial charge in [0.1, 0.15) is 6.54 Å². The van der Waals surface area contributed by atoms with Crippen molar-refractivity contribution in [1.29, 1.82) is 0 Å². The van der Waals surface area contributed by atoms with Crippen molar-refractivity contribution in [2.75, 3.05) is 24.2 Å². The first-order valence-corrected chi connectivity index (χ1v) is 11.7. The minimum atomic E-state index is -3.64. The van der Waals surface area contributed by atoms with Gasteiger partial charge in [0.25, 0.3) is 0 Å². The highest BCUT2D eigenvalue weighted by Crippen LogP contribution is 2.20. The molecule has 1 amide bonds. The first kappa shape index (κ1) is 22.5. The predicted molar refractivity (Wildman–Crippen MR) is 119 cm³/mol. The summed E-state index contributed by atoms with van der Waals surface area (Å²) < 4.78 is 31.0. The van der Waals surface area contributed by atoms with Crippen molar-refractivity contribution in [3.63, 3.8) is 0 Å². The fraction of sp³-hybridized carbons (Fsp3) is 0.318. The molecule has 8 nitrogen and oxygen atoms in total. The van der Waals surface area contributed by atoms with E-state index in [-0.39, 0.29) is 24.9 Å². The van der Waals surface area contributed by atoms with E-state index < -0.39 is 10.0 Å². The Morgan fingerprint density at radius 3 is 2.45 bits per heavy atom. The number of nitrogens with zero attached hydrogens (tertiary/aromatic N) is 4. The Labute approximate surface area is 182 Å². The van der Waals surface area contributed by atoms with E-state index in [1.165, 1.54) is 4.90 Å². The number of sulfonamides is 1. The number of rotatable bonds is 8. The van der Waals surface area contributed by atoms with Crippen LogP contribution in [-0.2, 0) is 27.8 Å². The molecule has 0 unspecified atom stereocenters. The third kappa shape index (κ3) is 5.69. The van der Waals surface area contributed by atoms with E-state index >= 15 is 0 Å². The summed E-state index contributed by atoms with van der Waals surface area (Å²) in [6.07, 6.45) is 1.93. The quantitative estimate of drug-likeness (QED) is 0.532. The Balaban J connectivity index is 1.71. The van der Waals surface area contributed by atoms with E-state index in [1.807, 2.05) is 50.2 Å². The number of amides is 1. The second kappa shape index (κ2) is 9.30. The Morgan fingerprint density at radius 1 is 1.13 bits per heavy atom. The molecule has 0 aliphatic rings. The van der Waals surface area contributed by atoms with E-state index in [2.05, 4.69) is 10.1 Å². The van der Waals surface area contributed by atoms with Crippen molar-refractivity contribution in [1.82, 2.24) is 15.0 Å². The highest BCUT2D eigenvalue weighted by atomic mass is 32.2. The molecule has 3 aromatic rings. The lowest BCUT2D eigenvalue weighted by atomic mass is 10.1. The smallest absolute Gasteiger partial charge is 0.246 e. The molecule has 0 saturated carbocycles. The van der Waals surface area contributed by atoms with Gasteiger partial charge in [-0.3, -0.25) is 9.10 Å². The van der Waals surface area contributed by atoms with E-state index in [9.17, 15) is 13.2 Å². The van der Waals surface area contributed by atoms with Crippen LogP contribution in [0.15, 0.2) is 53.1 Å². The molecular weight excluding hydrogens is 416 g/mol. The zero-order valence-corrected chi connectivity index (χ0v) is 18.9. The van der Waals surface area contributed by atoms with Crippen LogP contribution in [0.2, 0.25) is 0 Å². The molecule has 2 aromatic carbocycles. The zero-order chi connectivity index (χ0) is 22.6. The summed E-state index contributed by atoms with van der Waals surface area (Å²) >= 11 is 0. The number of aryl methyl sites for hydroxylation is 2. The van der Waals surface area contributed by atoms with Gasteiger partial charge in [-0.05, 0) is 37.1 Å². The third-order valence-electron chi connectivity index (χ3n) is 4.85. The number of likely N-dealkylation sites (N-methyl/N-ethyl adjacent to an activating group) is 1. The first-order chi connectivity index (χ1) is 14.7. The largest absolute Gasteiger partial charge is 0.337 e. The van der Waals surface area contributed by atoms with E-state index in [0.29, 0.717) is 11.5 Å². The van der Waals surface area contributed by atoms with Crippen molar-refractivity contribution in [3.05, 3.63) is 65.5 Å². The van der Waals surface area contributed by atoms with Gasteiger partial charge in [0.2, 0.25) is 27.6 Å². The highest BCUT2D eigenvalue weighted by Gasteiger charge is 2.23. The standard InChI is InChI=1S/C22H26N4O4S/c1-5-17-9-11-19(12-10-17)26(31(4,28)29)15-21(27)25(3)14-20-23-22(24-30-20)18-8-6-7-16(2)13-18/h6-13H,5,14-15H2,1-4H3. The molecule has 0 aliphatic heterocycles. The Kier molecular flexibility index (Phi) is 6.74. The first-order valence-electron chi connectivity index (χ1n) is 9.87. The number of carbonyl (C=O) groups excluding carboxylic acids is 1. The average Bonchev–Trinajstić information content (AvgIpc) is 3.19. The summed E-state index contributed by atoms with van der Waals surface area (Å²) in [5.74, 6) is 0.319. The molecule has 0 bridgehead atoms. The lowest BCUT2D eigenvalue weighted by molar-refractivity contribution is -0.129. The summed E-state index contributed by atoms with van der Waals surface area (Å²) in [7, 11) is -2.07. The average molecular weight is 443 g/mol. The Bertz CT molecular complexity index is 1160.